The van der Waals surface area contributed by atoms with Crippen molar-refractivity contribution in [3.05, 3.63) is 66.6 Å². The third-order valence-corrected chi connectivity index (χ3v) is 5.36. The standard InChI is InChI=1S/C25HF9N8/c26-23(27,28)18-1-11(21(24(29,30)31)22(17(18)9-42)25(32,33)34)12(4-37)20-15(7-40)13(5-38)19(10(2-35)3-36)14(6-39)16(20)8-41/h1H. The topological polar surface area (TPSA) is 190 Å². The van der Waals surface area contributed by atoms with Gasteiger partial charge in [0.1, 0.15) is 54.1 Å². The molecule has 0 radical (unpaired) electrons. The summed E-state index contributed by atoms with van der Waals surface area (Å²) in [5.74, 6) is 0. The van der Waals surface area contributed by atoms with Gasteiger partial charge in [0.2, 0.25) is 0 Å². The number of hydrogen-bond acceptors (Lipinski definition) is 8. The van der Waals surface area contributed by atoms with E-state index in [9.17, 15) is 76.3 Å². The molecule has 17 heteroatoms. The van der Waals surface area contributed by atoms with Crippen LogP contribution < -0.4 is 10.4 Å². The maximum absolute atomic E-state index is 14.2. The monoisotopic (exact) mass is 584 g/mol. The van der Waals surface area contributed by atoms with Crippen molar-refractivity contribution < 1.29 is 39.5 Å². The molecule has 0 spiro atoms. The van der Waals surface area contributed by atoms with Crippen LogP contribution in [-0.2, 0) is 18.5 Å². The summed E-state index contributed by atoms with van der Waals surface area (Å²) in [6.45, 7) is 0. The third kappa shape index (κ3) is 5.06. The van der Waals surface area contributed by atoms with Crippen LogP contribution in [0.1, 0.15) is 50.1 Å². The van der Waals surface area contributed by atoms with E-state index in [-0.39, 0.29) is 0 Å². The molecule has 0 heterocycles. The molecule has 2 aromatic rings. The first-order valence-corrected chi connectivity index (χ1v) is 10.1. The normalized spacial score (nSPS) is 10.8. The quantitative estimate of drug-likeness (QED) is 0.449. The van der Waals surface area contributed by atoms with Crippen LogP contribution in [0.15, 0.2) is 6.07 Å². The summed E-state index contributed by atoms with van der Waals surface area (Å²) in [4.78, 5) is 0. The molecule has 8 nitrogen and oxygen atoms in total. The maximum Gasteiger partial charge on any atom is 0.418 e. The summed E-state index contributed by atoms with van der Waals surface area (Å²) in [7, 11) is 0. The lowest BCUT2D eigenvalue weighted by atomic mass is 9.84. The molecule has 0 atom stereocenters. The summed E-state index contributed by atoms with van der Waals surface area (Å²) >= 11 is 0. The Morgan fingerprint density at radius 1 is 0.476 bits per heavy atom. The molecule has 0 aliphatic heterocycles. The second-order valence-electron chi connectivity index (χ2n) is 7.48. The van der Waals surface area contributed by atoms with Crippen molar-refractivity contribution in [1.29, 1.82) is 42.1 Å². The van der Waals surface area contributed by atoms with Gasteiger partial charge in [0.05, 0.1) is 50.1 Å². The van der Waals surface area contributed by atoms with Gasteiger partial charge in [-0.2, -0.15) is 81.6 Å². The van der Waals surface area contributed by atoms with Crippen molar-refractivity contribution >= 4 is 11.1 Å². The van der Waals surface area contributed by atoms with E-state index in [1.165, 1.54) is 36.4 Å². The molecule has 0 bridgehead atoms. The van der Waals surface area contributed by atoms with Gasteiger partial charge >= 0.3 is 18.5 Å². The van der Waals surface area contributed by atoms with E-state index in [0.717, 1.165) is 6.07 Å². The molecule has 0 unspecified atom stereocenters. The average molecular weight is 584 g/mol. The number of rotatable bonds is 1. The highest BCUT2D eigenvalue weighted by Gasteiger charge is 2.51. The molecular formula is C25HF9N8. The Balaban J connectivity index is 3.82. The molecule has 0 saturated heterocycles. The summed E-state index contributed by atoms with van der Waals surface area (Å²) < 4.78 is 126. The smallest absolute Gasteiger partial charge is 0.192 e. The van der Waals surface area contributed by atoms with Crippen LogP contribution >= 0.6 is 0 Å². The van der Waals surface area contributed by atoms with Gasteiger partial charge in [-0.3, -0.25) is 0 Å². The first-order valence-electron chi connectivity index (χ1n) is 10.1. The highest BCUT2D eigenvalue weighted by atomic mass is 19.4. The van der Waals surface area contributed by atoms with Gasteiger partial charge in [0, 0.05) is 16.0 Å². The SMILES string of the molecule is N#CC(C#N)=c1c(C#N)c(C#N)c(=C(C#N)c2cc(C(F)(F)F)c(C#N)c(C(F)(F)F)c2C(F)(F)F)c(C#N)c1C#N. The van der Waals surface area contributed by atoms with Gasteiger partial charge in [-0.15, -0.1) is 0 Å². The van der Waals surface area contributed by atoms with Crippen molar-refractivity contribution in [2.75, 3.05) is 0 Å². The Hall–Kier alpha value is -6.53. The second-order valence-corrected chi connectivity index (χ2v) is 7.48. The summed E-state index contributed by atoms with van der Waals surface area (Å²) in [6.07, 6.45) is -18.5. The van der Waals surface area contributed by atoms with E-state index in [0.29, 0.717) is 6.07 Å². The lowest BCUT2D eigenvalue weighted by Gasteiger charge is -2.23. The molecule has 0 N–H and O–H groups in total. The average Bonchev–Trinajstić information content (AvgIpc) is 2.91. The summed E-state index contributed by atoms with van der Waals surface area (Å²) in [6, 6.07) is 8.04. The zero-order valence-corrected chi connectivity index (χ0v) is 19.6. The van der Waals surface area contributed by atoms with Crippen LogP contribution in [0.25, 0.3) is 11.1 Å². The first kappa shape index (κ1) is 31.7. The van der Waals surface area contributed by atoms with Gasteiger partial charge in [-0.05, 0) is 6.07 Å². The fourth-order valence-electron chi connectivity index (χ4n) is 3.88. The van der Waals surface area contributed by atoms with Crippen molar-refractivity contribution in [2.24, 2.45) is 0 Å². The molecular weight excluding hydrogens is 583 g/mol. The number of alkyl halides is 9. The fourth-order valence-corrected chi connectivity index (χ4v) is 3.88. The Labute approximate surface area is 226 Å². The second kappa shape index (κ2) is 10.9. The van der Waals surface area contributed by atoms with Crippen LogP contribution in [0, 0.1) is 90.6 Å². The number of hydrogen-bond donors (Lipinski definition) is 0. The highest BCUT2D eigenvalue weighted by molar-refractivity contribution is 5.85. The van der Waals surface area contributed by atoms with E-state index >= 15 is 0 Å². The zero-order valence-electron chi connectivity index (χ0n) is 19.6. The zero-order chi connectivity index (χ0) is 32.4. The van der Waals surface area contributed by atoms with Crippen LogP contribution in [0.2, 0.25) is 0 Å². The van der Waals surface area contributed by atoms with Gasteiger partial charge < -0.3 is 0 Å². The Morgan fingerprint density at radius 3 is 1.14 bits per heavy atom. The molecule has 2 rings (SSSR count). The maximum atomic E-state index is 14.2. The van der Waals surface area contributed by atoms with Gasteiger partial charge in [0.15, 0.2) is 0 Å². The van der Waals surface area contributed by atoms with Crippen LogP contribution in [0.5, 0.6) is 0 Å². The van der Waals surface area contributed by atoms with Crippen LogP contribution in [-0.4, -0.2) is 0 Å². The third-order valence-electron chi connectivity index (χ3n) is 5.36. The van der Waals surface area contributed by atoms with Crippen molar-refractivity contribution in [3.8, 4) is 48.6 Å². The highest BCUT2D eigenvalue weighted by Crippen LogP contribution is 2.48. The molecule has 0 aromatic heterocycles. The Morgan fingerprint density at radius 2 is 0.857 bits per heavy atom. The Kier molecular flexibility index (Phi) is 8.24. The molecule has 0 aliphatic carbocycles. The van der Waals surface area contributed by atoms with Crippen molar-refractivity contribution in [2.45, 2.75) is 18.5 Å². The molecule has 0 aliphatic rings. The van der Waals surface area contributed by atoms with Gasteiger partial charge in [-0.25, -0.2) is 0 Å². The van der Waals surface area contributed by atoms with Gasteiger partial charge in [0.25, 0.3) is 0 Å². The molecule has 42 heavy (non-hydrogen) atoms. The molecule has 2 aromatic carbocycles. The van der Waals surface area contributed by atoms with Gasteiger partial charge in [-0.1, -0.05) is 0 Å². The first-order chi connectivity index (χ1) is 19.4. The van der Waals surface area contributed by atoms with Crippen LogP contribution in [0.3, 0.4) is 0 Å². The van der Waals surface area contributed by atoms with E-state index < -0.39 is 96.2 Å². The minimum absolute atomic E-state index is 0.441. The minimum Gasteiger partial charge on any atom is -0.192 e. The molecule has 204 valence electrons. The van der Waals surface area contributed by atoms with Crippen molar-refractivity contribution in [3.63, 3.8) is 0 Å². The van der Waals surface area contributed by atoms with E-state index in [2.05, 4.69) is 0 Å². The number of nitrogens with zero attached hydrogens (tertiary/aromatic N) is 8. The lowest BCUT2D eigenvalue weighted by molar-refractivity contribution is -0.164. The van der Waals surface area contributed by atoms with Crippen LogP contribution in [0.4, 0.5) is 39.5 Å². The number of halogens is 9. The largest absolute Gasteiger partial charge is 0.418 e. The number of benzene rings is 2. The van der Waals surface area contributed by atoms with E-state index in [1.54, 1.807) is 0 Å². The Bertz CT molecular complexity index is 1950. The molecule has 0 saturated carbocycles. The van der Waals surface area contributed by atoms with E-state index in [4.69, 9.17) is 5.26 Å². The molecule has 0 fully saturated rings. The predicted molar refractivity (Wildman–Crippen MR) is 113 cm³/mol. The van der Waals surface area contributed by atoms with Crippen molar-refractivity contribution in [1.82, 2.24) is 0 Å². The van der Waals surface area contributed by atoms with E-state index in [1.807, 2.05) is 0 Å². The minimum atomic E-state index is -6.30. The summed E-state index contributed by atoms with van der Waals surface area (Å²) in [5.41, 5.74) is -21.4. The summed E-state index contributed by atoms with van der Waals surface area (Å²) in [5, 5.41) is 73.5. The molecule has 0 amide bonds. The predicted octanol–water partition coefficient (Wildman–Crippen LogP) is 4.02. The number of nitriles is 8. The lowest BCUT2D eigenvalue weighted by Crippen LogP contribution is -2.31. The fraction of sp³-hybridized carbons (Fsp3) is 0.120.